The highest BCUT2D eigenvalue weighted by Crippen LogP contribution is 2.09. The first kappa shape index (κ1) is 4.55. The third-order valence-electron chi connectivity index (χ3n) is 1.38. The van der Waals surface area contributed by atoms with E-state index in [4.69, 9.17) is 0 Å². The zero-order valence-electron chi connectivity index (χ0n) is 4.64. The van der Waals surface area contributed by atoms with Crippen LogP contribution in [0, 0.1) is 0 Å². The summed E-state index contributed by atoms with van der Waals surface area (Å²) in [5.74, 6) is -0.0532. The molecule has 1 aromatic heterocycles. The van der Waals surface area contributed by atoms with E-state index in [1.807, 2.05) is 0 Å². The molecule has 0 saturated carbocycles. The highest BCUT2D eigenvalue weighted by Gasteiger charge is 2.19. The van der Waals surface area contributed by atoms with Gasteiger partial charge in [-0.25, -0.2) is 0 Å². The van der Waals surface area contributed by atoms with Crippen molar-refractivity contribution in [2.24, 2.45) is 0 Å². The monoisotopic (exact) mass is 123 g/mol. The Morgan fingerprint density at radius 2 is 2.56 bits per heavy atom. The summed E-state index contributed by atoms with van der Waals surface area (Å²) >= 11 is 0. The molecule has 0 atom stereocenters. The van der Waals surface area contributed by atoms with E-state index < -0.39 is 0 Å². The first-order chi connectivity index (χ1) is 4.38. The summed E-state index contributed by atoms with van der Waals surface area (Å²) in [6, 6.07) is 0. The minimum atomic E-state index is -0.0532. The molecule has 2 N–H and O–H groups in total. The maximum Gasteiger partial charge on any atom is 0.269 e. The molecule has 1 aromatic rings. The highest BCUT2D eigenvalue weighted by atomic mass is 16.2. The molecule has 2 heterocycles. The average molecular weight is 123 g/mol. The summed E-state index contributed by atoms with van der Waals surface area (Å²) < 4.78 is 0. The van der Waals surface area contributed by atoms with Crippen molar-refractivity contribution >= 4 is 5.91 Å². The molecule has 1 aliphatic heterocycles. The molecule has 0 radical (unpaired) electrons. The van der Waals surface area contributed by atoms with Gasteiger partial charge in [-0.1, -0.05) is 0 Å². The van der Waals surface area contributed by atoms with Crippen LogP contribution in [0.4, 0.5) is 0 Å². The van der Waals surface area contributed by atoms with E-state index in [0.717, 1.165) is 5.56 Å². The van der Waals surface area contributed by atoms with Crippen LogP contribution >= 0.6 is 0 Å². The van der Waals surface area contributed by atoms with Gasteiger partial charge in [0.2, 0.25) is 0 Å². The minimum Gasteiger partial charge on any atom is -0.346 e. The first-order valence-electron chi connectivity index (χ1n) is 2.68. The highest BCUT2D eigenvalue weighted by molar-refractivity contribution is 5.96. The molecular weight excluding hydrogens is 118 g/mol. The van der Waals surface area contributed by atoms with E-state index in [2.05, 4.69) is 15.5 Å². The summed E-state index contributed by atoms with van der Waals surface area (Å²) in [6.07, 6.45) is 1.66. The molecule has 4 heteroatoms. The van der Waals surface area contributed by atoms with Gasteiger partial charge in [0.25, 0.3) is 5.91 Å². The minimum absolute atomic E-state index is 0.0532. The molecule has 0 saturated heterocycles. The fourth-order valence-corrected chi connectivity index (χ4v) is 0.906. The number of nitrogens with one attached hydrogen (secondary N) is 2. The van der Waals surface area contributed by atoms with Gasteiger partial charge in [-0.05, 0) is 0 Å². The maximum atomic E-state index is 10.7. The Bertz CT molecular complexity index is 252. The smallest absolute Gasteiger partial charge is 0.269 e. The number of nitrogens with zero attached hydrogens (tertiary/aromatic N) is 1. The number of fused-ring (bicyclic) bond motifs is 1. The van der Waals surface area contributed by atoms with E-state index in [0.29, 0.717) is 12.2 Å². The van der Waals surface area contributed by atoms with Gasteiger partial charge < -0.3 is 5.32 Å². The van der Waals surface area contributed by atoms with Crippen LogP contribution in [0.15, 0.2) is 6.20 Å². The topological polar surface area (TPSA) is 57.8 Å². The normalized spacial score (nSPS) is 15.3. The standard InChI is InChI=1S/C5H5N3O/c9-5-4-3(1-6-5)2-7-8-4/h2H,1H2,(H,6,9)(H,7,8). The van der Waals surface area contributed by atoms with Crippen LogP contribution in [-0.4, -0.2) is 16.1 Å². The van der Waals surface area contributed by atoms with Crippen LogP contribution in [0.3, 0.4) is 0 Å². The lowest BCUT2D eigenvalue weighted by atomic mass is 10.3. The predicted octanol–water partition coefficient (Wildman–Crippen LogP) is -0.347. The second kappa shape index (κ2) is 1.34. The van der Waals surface area contributed by atoms with Gasteiger partial charge in [0.1, 0.15) is 5.69 Å². The van der Waals surface area contributed by atoms with Crippen molar-refractivity contribution in [2.45, 2.75) is 6.54 Å². The largest absolute Gasteiger partial charge is 0.346 e. The Hall–Kier alpha value is -1.32. The number of H-pyrrole nitrogens is 1. The molecule has 0 fully saturated rings. The summed E-state index contributed by atoms with van der Waals surface area (Å²) in [6.45, 7) is 0.616. The number of aromatic amines is 1. The van der Waals surface area contributed by atoms with Crippen molar-refractivity contribution < 1.29 is 4.79 Å². The summed E-state index contributed by atoms with van der Waals surface area (Å²) in [7, 11) is 0. The Kier molecular flexibility index (Phi) is 0.677. The Morgan fingerprint density at radius 3 is 3.33 bits per heavy atom. The lowest BCUT2D eigenvalue weighted by molar-refractivity contribution is 0.0961. The zero-order valence-corrected chi connectivity index (χ0v) is 4.64. The maximum absolute atomic E-state index is 10.7. The van der Waals surface area contributed by atoms with Crippen LogP contribution in [0.5, 0.6) is 0 Å². The predicted molar refractivity (Wildman–Crippen MR) is 29.8 cm³/mol. The van der Waals surface area contributed by atoms with Crippen LogP contribution in [0.25, 0.3) is 0 Å². The molecule has 2 rings (SSSR count). The van der Waals surface area contributed by atoms with Crippen molar-refractivity contribution in [3.05, 3.63) is 17.5 Å². The third-order valence-corrected chi connectivity index (χ3v) is 1.38. The van der Waals surface area contributed by atoms with E-state index in [1.165, 1.54) is 0 Å². The number of hydrogen-bond donors (Lipinski definition) is 2. The molecule has 0 bridgehead atoms. The molecule has 1 aliphatic rings. The molecular formula is C5H5N3O. The second-order valence-electron chi connectivity index (χ2n) is 1.95. The van der Waals surface area contributed by atoms with E-state index in [-0.39, 0.29) is 5.91 Å². The average Bonchev–Trinajstić information content (AvgIpc) is 2.35. The SMILES string of the molecule is O=C1NCc2cn[nH]c21. The molecule has 0 unspecified atom stereocenters. The van der Waals surface area contributed by atoms with Crippen molar-refractivity contribution in [2.75, 3.05) is 0 Å². The lowest BCUT2D eigenvalue weighted by Crippen LogP contribution is -2.13. The van der Waals surface area contributed by atoms with Gasteiger partial charge in [0, 0.05) is 12.1 Å². The molecule has 0 aromatic carbocycles. The van der Waals surface area contributed by atoms with Crippen molar-refractivity contribution in [3.8, 4) is 0 Å². The van der Waals surface area contributed by atoms with Crippen molar-refractivity contribution in [3.63, 3.8) is 0 Å². The summed E-state index contributed by atoms with van der Waals surface area (Å²) in [5.41, 5.74) is 1.56. The quantitative estimate of drug-likeness (QED) is 0.495. The summed E-state index contributed by atoms with van der Waals surface area (Å²) in [5, 5.41) is 8.97. The van der Waals surface area contributed by atoms with Crippen LogP contribution in [0.2, 0.25) is 0 Å². The molecule has 1 amide bonds. The number of carbonyl (C=O) groups is 1. The molecule has 0 spiro atoms. The Balaban J connectivity index is 2.61. The fourth-order valence-electron chi connectivity index (χ4n) is 0.906. The van der Waals surface area contributed by atoms with Gasteiger partial charge in [0.15, 0.2) is 0 Å². The van der Waals surface area contributed by atoms with Gasteiger partial charge in [0.05, 0.1) is 6.20 Å². The van der Waals surface area contributed by atoms with Gasteiger partial charge in [-0.3, -0.25) is 9.89 Å². The number of hydrogen-bond acceptors (Lipinski definition) is 2. The number of carbonyl (C=O) groups excluding carboxylic acids is 1. The van der Waals surface area contributed by atoms with Gasteiger partial charge in [-0.15, -0.1) is 0 Å². The van der Waals surface area contributed by atoms with E-state index in [9.17, 15) is 4.79 Å². The van der Waals surface area contributed by atoms with Crippen molar-refractivity contribution in [1.29, 1.82) is 0 Å². The third kappa shape index (κ3) is 0.468. The number of aromatic nitrogens is 2. The zero-order chi connectivity index (χ0) is 6.27. The molecule has 46 valence electrons. The molecule has 9 heavy (non-hydrogen) atoms. The van der Waals surface area contributed by atoms with Crippen LogP contribution < -0.4 is 5.32 Å². The molecule has 0 aliphatic carbocycles. The second-order valence-corrected chi connectivity index (χ2v) is 1.95. The molecule has 4 nitrogen and oxygen atoms in total. The fraction of sp³-hybridized carbons (Fsp3) is 0.200. The lowest BCUT2D eigenvalue weighted by Gasteiger charge is -1.84. The first-order valence-corrected chi connectivity index (χ1v) is 2.68. The van der Waals surface area contributed by atoms with Crippen LogP contribution in [-0.2, 0) is 6.54 Å². The van der Waals surface area contributed by atoms with Crippen LogP contribution in [0.1, 0.15) is 16.1 Å². The van der Waals surface area contributed by atoms with Gasteiger partial charge >= 0.3 is 0 Å². The van der Waals surface area contributed by atoms with E-state index in [1.54, 1.807) is 6.20 Å². The Labute approximate surface area is 51.3 Å². The van der Waals surface area contributed by atoms with Gasteiger partial charge in [-0.2, -0.15) is 5.10 Å². The van der Waals surface area contributed by atoms with E-state index >= 15 is 0 Å². The number of amides is 1. The summed E-state index contributed by atoms with van der Waals surface area (Å²) in [4.78, 5) is 10.7. The Morgan fingerprint density at radius 1 is 1.67 bits per heavy atom. The number of rotatable bonds is 0. The van der Waals surface area contributed by atoms with Crippen molar-refractivity contribution in [1.82, 2.24) is 15.5 Å².